The summed E-state index contributed by atoms with van der Waals surface area (Å²) < 4.78 is 10.9. The monoisotopic (exact) mass is 342 g/mol. The van der Waals surface area contributed by atoms with Crippen LogP contribution in [0.3, 0.4) is 0 Å². The molecule has 4 nitrogen and oxygen atoms in total. The second kappa shape index (κ2) is 8.74. The maximum Gasteiger partial charge on any atom is 0.306 e. The van der Waals surface area contributed by atoms with Gasteiger partial charge in [0, 0.05) is 10.4 Å². The number of hydrogen-bond acceptors (Lipinski definition) is 4. The molecule has 0 atom stereocenters. The molecule has 0 saturated heterocycles. The number of benzene rings is 1. The largest absolute Gasteiger partial charge is 0.466 e. The number of hydrogen-bond donors (Lipinski definition) is 0. The normalized spacial score (nSPS) is 10.4. The molecule has 0 saturated carbocycles. The maximum atomic E-state index is 11.6. The van der Waals surface area contributed by atoms with Gasteiger partial charge in [-0.05, 0) is 31.5 Å². The number of halogens is 1. The van der Waals surface area contributed by atoms with Crippen molar-refractivity contribution in [2.24, 2.45) is 0 Å². The molecular formula is C15H19BrO4. The highest BCUT2D eigenvalue weighted by molar-refractivity contribution is 9.10. The molecule has 0 heterocycles. The van der Waals surface area contributed by atoms with Crippen LogP contribution in [-0.4, -0.2) is 25.2 Å². The van der Waals surface area contributed by atoms with E-state index in [1.165, 1.54) is 0 Å². The summed E-state index contributed by atoms with van der Waals surface area (Å²) in [4.78, 5) is 23.3. The molecule has 0 aromatic heterocycles. The van der Waals surface area contributed by atoms with Crippen LogP contribution in [0, 0.1) is 0 Å². The summed E-state index contributed by atoms with van der Waals surface area (Å²) in [6.07, 6.45) is 0.350. The fourth-order valence-electron chi connectivity index (χ4n) is 1.89. The van der Waals surface area contributed by atoms with Gasteiger partial charge in [0.1, 0.15) is 0 Å². The molecule has 110 valence electrons. The van der Waals surface area contributed by atoms with Crippen molar-refractivity contribution < 1.29 is 19.1 Å². The minimum absolute atomic E-state index is 0.175. The van der Waals surface area contributed by atoms with Gasteiger partial charge >= 0.3 is 11.9 Å². The highest BCUT2D eigenvalue weighted by Gasteiger charge is 2.21. The van der Waals surface area contributed by atoms with Gasteiger partial charge in [0.2, 0.25) is 0 Å². The summed E-state index contributed by atoms with van der Waals surface area (Å²) in [6.45, 7) is 4.20. The standard InChI is InChI=1S/C15H19BrO4/c1-3-19-14(17)9-12(10-15(18)20-4-2)11-5-7-13(16)8-6-11/h5-8,12H,3-4,9-10H2,1-2H3. The first kappa shape index (κ1) is 16.7. The predicted octanol–water partition coefficient (Wildman–Crippen LogP) is 3.44. The van der Waals surface area contributed by atoms with Crippen molar-refractivity contribution in [2.45, 2.75) is 32.6 Å². The summed E-state index contributed by atoms with van der Waals surface area (Å²) in [5, 5.41) is 0. The first-order valence-electron chi connectivity index (χ1n) is 6.63. The molecule has 1 aromatic rings. The molecule has 0 aliphatic carbocycles. The van der Waals surface area contributed by atoms with Crippen LogP contribution in [0.15, 0.2) is 28.7 Å². The Morgan fingerprint density at radius 2 is 1.45 bits per heavy atom. The lowest BCUT2D eigenvalue weighted by Crippen LogP contribution is -2.15. The summed E-state index contributed by atoms with van der Waals surface area (Å²) in [6, 6.07) is 7.57. The Morgan fingerprint density at radius 1 is 1.00 bits per heavy atom. The molecular weight excluding hydrogens is 324 g/mol. The number of ether oxygens (including phenoxy) is 2. The van der Waals surface area contributed by atoms with Crippen molar-refractivity contribution in [3.05, 3.63) is 34.3 Å². The minimum Gasteiger partial charge on any atom is -0.466 e. The Morgan fingerprint density at radius 3 is 1.85 bits per heavy atom. The average Bonchev–Trinajstić information content (AvgIpc) is 2.39. The van der Waals surface area contributed by atoms with Crippen molar-refractivity contribution in [1.82, 2.24) is 0 Å². The smallest absolute Gasteiger partial charge is 0.306 e. The van der Waals surface area contributed by atoms with E-state index in [0.717, 1.165) is 10.0 Å². The highest BCUT2D eigenvalue weighted by Crippen LogP contribution is 2.26. The first-order valence-corrected chi connectivity index (χ1v) is 7.42. The summed E-state index contributed by atoms with van der Waals surface area (Å²) in [7, 11) is 0. The summed E-state index contributed by atoms with van der Waals surface area (Å²) >= 11 is 3.36. The van der Waals surface area contributed by atoms with E-state index in [-0.39, 0.29) is 30.7 Å². The average molecular weight is 343 g/mol. The molecule has 0 aliphatic rings. The van der Waals surface area contributed by atoms with Crippen molar-refractivity contribution >= 4 is 27.9 Å². The maximum absolute atomic E-state index is 11.6. The molecule has 0 bridgehead atoms. The fraction of sp³-hybridized carbons (Fsp3) is 0.467. The van der Waals surface area contributed by atoms with Gasteiger partial charge in [0.25, 0.3) is 0 Å². The van der Waals surface area contributed by atoms with Crippen molar-refractivity contribution in [3.8, 4) is 0 Å². The van der Waals surface area contributed by atoms with Crippen molar-refractivity contribution in [3.63, 3.8) is 0 Å². The van der Waals surface area contributed by atoms with E-state index in [9.17, 15) is 9.59 Å². The molecule has 1 rings (SSSR count). The van der Waals surface area contributed by atoms with Crippen LogP contribution in [0.5, 0.6) is 0 Å². The van der Waals surface area contributed by atoms with E-state index >= 15 is 0 Å². The molecule has 0 fully saturated rings. The van der Waals surface area contributed by atoms with Gasteiger partial charge in [0.05, 0.1) is 26.1 Å². The van der Waals surface area contributed by atoms with E-state index in [2.05, 4.69) is 15.9 Å². The third-order valence-electron chi connectivity index (χ3n) is 2.78. The predicted molar refractivity (Wildman–Crippen MR) is 79.4 cm³/mol. The Bertz CT molecular complexity index is 422. The van der Waals surface area contributed by atoms with Crippen LogP contribution >= 0.6 is 15.9 Å². The van der Waals surface area contributed by atoms with Crippen LogP contribution in [0.2, 0.25) is 0 Å². The van der Waals surface area contributed by atoms with Crippen LogP contribution in [0.1, 0.15) is 38.2 Å². The van der Waals surface area contributed by atoms with Gasteiger partial charge in [-0.15, -0.1) is 0 Å². The first-order chi connectivity index (χ1) is 9.56. The van der Waals surface area contributed by atoms with Gasteiger partial charge in [-0.2, -0.15) is 0 Å². The molecule has 0 amide bonds. The van der Waals surface area contributed by atoms with Gasteiger partial charge < -0.3 is 9.47 Å². The molecule has 5 heteroatoms. The zero-order valence-electron chi connectivity index (χ0n) is 11.7. The zero-order chi connectivity index (χ0) is 15.0. The molecule has 0 radical (unpaired) electrons. The molecule has 0 N–H and O–H groups in total. The summed E-state index contributed by atoms with van der Waals surface area (Å²) in [5.41, 5.74) is 0.925. The molecule has 1 aromatic carbocycles. The summed E-state index contributed by atoms with van der Waals surface area (Å²) in [5.74, 6) is -0.823. The van der Waals surface area contributed by atoms with Crippen LogP contribution in [-0.2, 0) is 19.1 Å². The Kier molecular flexibility index (Phi) is 7.30. The van der Waals surface area contributed by atoms with Crippen LogP contribution in [0.4, 0.5) is 0 Å². The molecule has 0 aliphatic heterocycles. The van der Waals surface area contributed by atoms with E-state index in [0.29, 0.717) is 13.2 Å². The molecule has 0 unspecified atom stereocenters. The lowest BCUT2D eigenvalue weighted by atomic mass is 9.92. The van der Waals surface area contributed by atoms with Gasteiger partial charge in [-0.25, -0.2) is 0 Å². The SMILES string of the molecule is CCOC(=O)CC(CC(=O)OCC)c1ccc(Br)cc1. The number of esters is 2. The number of carbonyl (C=O) groups excluding carboxylic acids is 2. The quantitative estimate of drug-likeness (QED) is 0.712. The third kappa shape index (κ3) is 5.74. The second-order valence-corrected chi connectivity index (χ2v) is 5.18. The van der Waals surface area contributed by atoms with Gasteiger partial charge in [-0.3, -0.25) is 9.59 Å². The minimum atomic E-state index is -0.301. The van der Waals surface area contributed by atoms with E-state index in [1.54, 1.807) is 13.8 Å². The Labute approximate surface area is 127 Å². The zero-order valence-corrected chi connectivity index (χ0v) is 13.3. The molecule has 20 heavy (non-hydrogen) atoms. The topological polar surface area (TPSA) is 52.6 Å². The van der Waals surface area contributed by atoms with Gasteiger partial charge in [0.15, 0.2) is 0 Å². The third-order valence-corrected chi connectivity index (χ3v) is 3.31. The fourth-order valence-corrected chi connectivity index (χ4v) is 2.15. The van der Waals surface area contributed by atoms with Crippen molar-refractivity contribution in [2.75, 3.05) is 13.2 Å². The number of carbonyl (C=O) groups is 2. The Balaban J connectivity index is 2.80. The van der Waals surface area contributed by atoms with E-state index < -0.39 is 0 Å². The van der Waals surface area contributed by atoms with Crippen LogP contribution < -0.4 is 0 Å². The lowest BCUT2D eigenvalue weighted by Gasteiger charge is -2.16. The van der Waals surface area contributed by atoms with E-state index in [1.807, 2.05) is 24.3 Å². The highest BCUT2D eigenvalue weighted by atomic mass is 79.9. The second-order valence-electron chi connectivity index (χ2n) is 4.27. The van der Waals surface area contributed by atoms with Gasteiger partial charge in [-0.1, -0.05) is 28.1 Å². The lowest BCUT2D eigenvalue weighted by molar-refractivity contribution is -0.145. The van der Waals surface area contributed by atoms with Crippen molar-refractivity contribution in [1.29, 1.82) is 0 Å². The van der Waals surface area contributed by atoms with Crippen LogP contribution in [0.25, 0.3) is 0 Å². The van der Waals surface area contributed by atoms with E-state index in [4.69, 9.17) is 9.47 Å². The molecule has 0 spiro atoms. The Hall–Kier alpha value is -1.36. The number of rotatable bonds is 7.